The fraction of sp³-hybridized carbons (Fsp3) is 0.467. The number of hydrogen-bond acceptors (Lipinski definition) is 3. The first-order valence-corrected chi connectivity index (χ1v) is 7.50. The average Bonchev–Trinajstić information content (AvgIpc) is 2.82. The molecule has 0 bridgehead atoms. The lowest BCUT2D eigenvalue weighted by molar-refractivity contribution is -0.117. The van der Waals surface area contributed by atoms with Gasteiger partial charge in [0.1, 0.15) is 0 Å². The molecule has 2 rings (SSSR count). The molecule has 108 valence electrons. The van der Waals surface area contributed by atoms with Gasteiger partial charge in [0, 0.05) is 30.8 Å². The Kier molecular flexibility index (Phi) is 4.70. The van der Waals surface area contributed by atoms with Crippen molar-refractivity contribution in [2.45, 2.75) is 26.7 Å². The molecule has 20 heavy (non-hydrogen) atoms. The minimum Gasteiger partial charge on any atom is -0.326 e. The lowest BCUT2D eigenvalue weighted by atomic mass is 10.1. The van der Waals surface area contributed by atoms with Gasteiger partial charge in [0.25, 0.3) is 0 Å². The third-order valence-corrected chi connectivity index (χ3v) is 4.08. The second-order valence-electron chi connectivity index (χ2n) is 5.16. The molecule has 0 spiro atoms. The number of nitrogens with zero attached hydrogens (tertiary/aromatic N) is 1. The van der Waals surface area contributed by atoms with E-state index >= 15 is 0 Å². The molecule has 4 nitrogen and oxygen atoms in total. The van der Waals surface area contributed by atoms with Crippen LogP contribution < -0.4 is 10.2 Å². The zero-order chi connectivity index (χ0) is 14.7. The zero-order valence-electron chi connectivity index (χ0n) is 11.8. The number of carbonyl (C=O) groups excluding carboxylic acids is 2. The lowest BCUT2D eigenvalue weighted by Crippen LogP contribution is -2.25. The molecule has 5 heteroatoms. The van der Waals surface area contributed by atoms with Crippen LogP contribution in [-0.4, -0.2) is 24.1 Å². The van der Waals surface area contributed by atoms with Crippen LogP contribution in [0.5, 0.6) is 0 Å². The molecule has 1 aromatic carbocycles. The Morgan fingerprint density at radius 3 is 2.85 bits per heavy atom. The van der Waals surface area contributed by atoms with Crippen LogP contribution >= 0.6 is 12.6 Å². The molecule has 1 aliphatic rings. The molecule has 1 atom stereocenters. The van der Waals surface area contributed by atoms with Gasteiger partial charge in [-0.15, -0.1) is 0 Å². The van der Waals surface area contributed by atoms with Gasteiger partial charge in [0.2, 0.25) is 11.8 Å². The lowest BCUT2D eigenvalue weighted by Gasteiger charge is -2.20. The summed E-state index contributed by atoms with van der Waals surface area (Å²) in [5.41, 5.74) is 2.65. The van der Waals surface area contributed by atoms with Gasteiger partial charge in [-0.3, -0.25) is 9.59 Å². The van der Waals surface area contributed by atoms with Crippen LogP contribution in [0.25, 0.3) is 0 Å². The summed E-state index contributed by atoms with van der Waals surface area (Å²) in [4.78, 5) is 25.4. The number of amides is 2. The van der Waals surface area contributed by atoms with Gasteiger partial charge in [0.15, 0.2) is 0 Å². The van der Waals surface area contributed by atoms with E-state index in [9.17, 15) is 9.59 Å². The van der Waals surface area contributed by atoms with E-state index in [1.807, 2.05) is 32.0 Å². The fourth-order valence-electron chi connectivity index (χ4n) is 2.36. The molecule has 0 aliphatic carbocycles. The first-order valence-electron chi connectivity index (χ1n) is 6.86. The maximum Gasteiger partial charge on any atom is 0.227 e. The number of benzene rings is 1. The molecule has 1 aromatic rings. The molecule has 1 N–H and O–H groups in total. The van der Waals surface area contributed by atoms with E-state index in [2.05, 4.69) is 17.9 Å². The predicted molar refractivity (Wildman–Crippen MR) is 84.4 cm³/mol. The largest absolute Gasteiger partial charge is 0.326 e. The number of aryl methyl sites for hydroxylation is 1. The van der Waals surface area contributed by atoms with Crippen molar-refractivity contribution in [3.8, 4) is 0 Å². The number of nitrogens with one attached hydrogen (secondary N) is 1. The Bertz CT molecular complexity index is 531. The predicted octanol–water partition coefficient (Wildman–Crippen LogP) is 2.63. The van der Waals surface area contributed by atoms with E-state index in [0.29, 0.717) is 31.1 Å². The van der Waals surface area contributed by atoms with E-state index < -0.39 is 0 Å². The van der Waals surface area contributed by atoms with E-state index in [-0.39, 0.29) is 11.8 Å². The summed E-state index contributed by atoms with van der Waals surface area (Å²) in [7, 11) is 0. The summed E-state index contributed by atoms with van der Waals surface area (Å²) in [6.07, 6.45) is 0.988. The van der Waals surface area contributed by atoms with Crippen molar-refractivity contribution in [1.82, 2.24) is 0 Å². The maximum absolute atomic E-state index is 12.1. The van der Waals surface area contributed by atoms with Gasteiger partial charge in [-0.1, -0.05) is 13.0 Å². The van der Waals surface area contributed by atoms with E-state index in [0.717, 1.165) is 16.9 Å². The Morgan fingerprint density at radius 2 is 2.25 bits per heavy atom. The second-order valence-corrected chi connectivity index (χ2v) is 5.53. The molecule has 2 amide bonds. The monoisotopic (exact) mass is 292 g/mol. The SMILES string of the molecule is CCC(=O)Nc1ccc(C)c(N2CC(CS)CC2=O)c1. The molecular weight excluding hydrogens is 272 g/mol. The topological polar surface area (TPSA) is 49.4 Å². The first-order chi connectivity index (χ1) is 9.55. The summed E-state index contributed by atoms with van der Waals surface area (Å²) in [6, 6.07) is 5.67. The average molecular weight is 292 g/mol. The molecule has 1 aliphatic heterocycles. The van der Waals surface area contributed by atoms with Crippen LogP contribution in [0.15, 0.2) is 18.2 Å². The summed E-state index contributed by atoms with van der Waals surface area (Å²) in [5, 5.41) is 2.83. The third kappa shape index (κ3) is 3.15. The normalized spacial score (nSPS) is 18.4. The fourth-order valence-corrected chi connectivity index (χ4v) is 2.61. The molecule has 1 saturated heterocycles. The van der Waals surface area contributed by atoms with Gasteiger partial charge in [-0.25, -0.2) is 0 Å². The van der Waals surface area contributed by atoms with Crippen molar-refractivity contribution in [3.63, 3.8) is 0 Å². The number of rotatable bonds is 4. The van der Waals surface area contributed by atoms with Crippen molar-refractivity contribution < 1.29 is 9.59 Å². The Hall–Kier alpha value is -1.49. The quantitative estimate of drug-likeness (QED) is 0.838. The maximum atomic E-state index is 12.1. The standard InChI is InChI=1S/C15H20N2O2S/c1-3-14(18)16-12-5-4-10(2)13(7-12)17-8-11(9-20)6-15(17)19/h4-5,7,11,20H,3,6,8-9H2,1-2H3,(H,16,18). The van der Waals surface area contributed by atoms with Crippen LogP contribution in [0.3, 0.4) is 0 Å². The minimum absolute atomic E-state index is 0.0270. The van der Waals surface area contributed by atoms with Crippen LogP contribution in [0.4, 0.5) is 11.4 Å². The molecular formula is C15H20N2O2S. The van der Waals surface area contributed by atoms with Gasteiger partial charge < -0.3 is 10.2 Å². The summed E-state index contributed by atoms with van der Waals surface area (Å²) in [6.45, 7) is 4.49. The molecule has 0 saturated carbocycles. The van der Waals surface area contributed by atoms with Crippen molar-refractivity contribution >= 4 is 35.8 Å². The van der Waals surface area contributed by atoms with Crippen molar-refractivity contribution in [2.75, 3.05) is 22.5 Å². The third-order valence-electron chi connectivity index (χ3n) is 3.57. The van der Waals surface area contributed by atoms with Crippen molar-refractivity contribution in [2.24, 2.45) is 5.92 Å². The van der Waals surface area contributed by atoms with Crippen LogP contribution in [0.2, 0.25) is 0 Å². The number of carbonyl (C=O) groups is 2. The van der Waals surface area contributed by atoms with Gasteiger partial charge >= 0.3 is 0 Å². The molecule has 1 heterocycles. The highest BCUT2D eigenvalue weighted by atomic mass is 32.1. The summed E-state index contributed by atoms with van der Waals surface area (Å²) >= 11 is 4.28. The molecule has 0 aromatic heterocycles. The molecule has 1 fully saturated rings. The van der Waals surface area contributed by atoms with Gasteiger partial charge in [-0.2, -0.15) is 12.6 Å². The van der Waals surface area contributed by atoms with Crippen molar-refractivity contribution in [3.05, 3.63) is 23.8 Å². The summed E-state index contributed by atoms with van der Waals surface area (Å²) < 4.78 is 0. The number of thiol groups is 1. The highest BCUT2D eigenvalue weighted by molar-refractivity contribution is 7.80. The van der Waals surface area contributed by atoms with Gasteiger partial charge in [0.05, 0.1) is 0 Å². The smallest absolute Gasteiger partial charge is 0.227 e. The minimum atomic E-state index is -0.0270. The molecule has 1 unspecified atom stereocenters. The van der Waals surface area contributed by atoms with Crippen LogP contribution in [0.1, 0.15) is 25.3 Å². The van der Waals surface area contributed by atoms with E-state index in [4.69, 9.17) is 0 Å². The Morgan fingerprint density at radius 1 is 1.50 bits per heavy atom. The van der Waals surface area contributed by atoms with Crippen LogP contribution in [0, 0.1) is 12.8 Å². The number of anilines is 2. The second kappa shape index (κ2) is 6.31. The highest BCUT2D eigenvalue weighted by Crippen LogP contribution is 2.30. The van der Waals surface area contributed by atoms with Gasteiger partial charge in [-0.05, 0) is 36.3 Å². The Labute approximate surface area is 124 Å². The van der Waals surface area contributed by atoms with Crippen LogP contribution in [-0.2, 0) is 9.59 Å². The summed E-state index contributed by atoms with van der Waals surface area (Å²) in [5.74, 6) is 1.12. The van der Waals surface area contributed by atoms with Crippen molar-refractivity contribution in [1.29, 1.82) is 0 Å². The number of hydrogen-bond donors (Lipinski definition) is 2. The first kappa shape index (κ1) is 14.9. The zero-order valence-corrected chi connectivity index (χ0v) is 12.7. The van der Waals surface area contributed by atoms with E-state index in [1.54, 1.807) is 4.90 Å². The van der Waals surface area contributed by atoms with E-state index in [1.165, 1.54) is 0 Å². The highest BCUT2D eigenvalue weighted by Gasteiger charge is 2.30. The Balaban J connectivity index is 2.25. The molecule has 0 radical (unpaired) electrons.